The van der Waals surface area contributed by atoms with Gasteiger partial charge in [-0.3, -0.25) is 19.3 Å². The topological polar surface area (TPSA) is 117 Å². The maximum Gasteiger partial charge on any atom is 0.185 e. The number of halogens is 1. The summed E-state index contributed by atoms with van der Waals surface area (Å²) >= 11 is 0. The average Bonchev–Trinajstić information content (AvgIpc) is 3.74. The molecule has 0 radical (unpaired) electrons. The minimum atomic E-state index is -0.463. The molecule has 9 rings (SSSR count). The molecule has 0 bridgehead atoms. The number of aliphatic imine (C=N–C) groups is 1. The van der Waals surface area contributed by atoms with Gasteiger partial charge in [0.1, 0.15) is 42.7 Å². The molecule has 4 aliphatic carbocycles. The van der Waals surface area contributed by atoms with Crippen molar-refractivity contribution in [2.75, 3.05) is 38.3 Å². The molecule has 1 aromatic heterocycles. The molecule has 11 heteroatoms. The summed E-state index contributed by atoms with van der Waals surface area (Å²) in [6, 6.07) is 10.3. The Hall–Kier alpha value is -3.96. The van der Waals surface area contributed by atoms with Crippen LogP contribution < -0.4 is 10.1 Å². The van der Waals surface area contributed by atoms with Crippen LogP contribution in [0, 0.1) is 40.3 Å². The van der Waals surface area contributed by atoms with E-state index in [2.05, 4.69) is 29.2 Å². The predicted molar refractivity (Wildman–Crippen MR) is 201 cm³/mol. The lowest BCUT2D eigenvalue weighted by atomic mass is 9.45. The SMILES string of the molecule is Cn1ncnc1C1C2=NCC(=O)c3cc(F)cc(c32)N[C@@H]1c1ccc(OCCOCCO[C@H]2CC[C@H]3[C@@H]4CC[C@H]5CC(=O)CC[C@]5(C)[C@H]4CC[C@]23C)cc1. The highest BCUT2D eigenvalue weighted by atomic mass is 19.1. The number of aromatic nitrogens is 3. The third-order valence-electron chi connectivity index (χ3n) is 14.7. The predicted octanol–water partition coefficient (Wildman–Crippen LogP) is 7.28. The van der Waals surface area contributed by atoms with Crippen LogP contribution in [-0.4, -0.2) is 71.1 Å². The van der Waals surface area contributed by atoms with Gasteiger partial charge in [0.2, 0.25) is 0 Å². The molecule has 4 saturated carbocycles. The van der Waals surface area contributed by atoms with Crippen LogP contribution in [0.15, 0.2) is 47.7 Å². The summed E-state index contributed by atoms with van der Waals surface area (Å²) in [5, 5.41) is 7.80. The van der Waals surface area contributed by atoms with Gasteiger partial charge >= 0.3 is 0 Å². The standard InChI is InChI=1S/C43H52FN5O5/c1-42-14-12-28(50)20-26(42)6-9-30-32-10-11-36(43(32,2)15-13-33(30)42)54-19-17-52-16-18-53-29-7-4-25(5-8-29)39-38(41-46-24-47-49(41)3)40-37-31(35(51)23-45-40)21-27(44)22-34(37)48-39/h4-5,7-8,21-22,24,26,30,32-33,36,38-39,48H,6,9-20,23H2,1-3H3/t26-,30-,32-,33-,36-,38?,39+,42-,43-/m0/s1. The van der Waals surface area contributed by atoms with Crippen molar-refractivity contribution in [3.63, 3.8) is 0 Å². The van der Waals surface area contributed by atoms with E-state index in [0.717, 1.165) is 54.7 Å². The summed E-state index contributed by atoms with van der Waals surface area (Å²) in [6.45, 7) is 6.99. The number of rotatable bonds is 10. The second-order valence-electron chi connectivity index (χ2n) is 17.3. The Balaban J connectivity index is 0.771. The van der Waals surface area contributed by atoms with E-state index >= 15 is 0 Å². The highest BCUT2D eigenvalue weighted by Gasteiger charge is 2.60. The number of benzene rings is 2. The van der Waals surface area contributed by atoms with Crippen LogP contribution in [0.2, 0.25) is 0 Å². The van der Waals surface area contributed by atoms with E-state index in [0.29, 0.717) is 71.9 Å². The van der Waals surface area contributed by atoms with Crippen molar-refractivity contribution in [3.8, 4) is 5.75 Å². The Morgan fingerprint density at radius 1 is 0.944 bits per heavy atom. The van der Waals surface area contributed by atoms with Crippen LogP contribution in [0.5, 0.6) is 5.75 Å². The van der Waals surface area contributed by atoms with E-state index in [-0.39, 0.29) is 35.8 Å². The molecule has 10 nitrogen and oxygen atoms in total. The molecular weight excluding hydrogens is 686 g/mol. The zero-order chi connectivity index (χ0) is 37.2. The van der Waals surface area contributed by atoms with Crippen molar-refractivity contribution in [3.05, 3.63) is 71.1 Å². The van der Waals surface area contributed by atoms with E-state index in [1.807, 2.05) is 31.3 Å². The first-order chi connectivity index (χ1) is 26.1. The van der Waals surface area contributed by atoms with E-state index < -0.39 is 5.82 Å². The Kier molecular flexibility index (Phi) is 9.24. The van der Waals surface area contributed by atoms with Crippen molar-refractivity contribution in [2.45, 2.75) is 89.7 Å². The largest absolute Gasteiger partial charge is 0.491 e. The van der Waals surface area contributed by atoms with Crippen LogP contribution in [0.3, 0.4) is 0 Å². The molecule has 1 N–H and O–H groups in total. The summed E-state index contributed by atoms with van der Waals surface area (Å²) in [6.07, 6.45) is 11.9. The van der Waals surface area contributed by atoms with Crippen LogP contribution in [0.1, 0.15) is 111 Å². The Morgan fingerprint density at radius 2 is 1.76 bits per heavy atom. The van der Waals surface area contributed by atoms with Gasteiger partial charge in [-0.05, 0) is 109 Å². The summed E-state index contributed by atoms with van der Waals surface area (Å²) in [5.74, 6) is 3.77. The number of Topliss-reactive ketones (excluding diaryl/α,β-unsaturated/α-hetero) is 2. The van der Waals surface area contributed by atoms with Gasteiger partial charge in [-0.1, -0.05) is 26.0 Å². The first-order valence-electron chi connectivity index (χ1n) is 20.1. The first kappa shape index (κ1) is 35.7. The summed E-state index contributed by atoms with van der Waals surface area (Å²) in [5.41, 5.74) is 3.78. The molecule has 0 spiro atoms. The fourth-order valence-corrected chi connectivity index (χ4v) is 11.9. The number of nitrogens with one attached hydrogen (secondary N) is 1. The summed E-state index contributed by atoms with van der Waals surface area (Å²) < 4.78 is 34.9. The highest BCUT2D eigenvalue weighted by Crippen LogP contribution is 2.66. The van der Waals surface area contributed by atoms with Gasteiger partial charge in [0.25, 0.3) is 0 Å². The fraction of sp³-hybridized carbons (Fsp3) is 0.605. The number of carbonyl (C=O) groups is 2. The number of hydrogen-bond acceptors (Lipinski definition) is 9. The minimum Gasteiger partial charge on any atom is -0.491 e. The van der Waals surface area contributed by atoms with E-state index in [1.54, 1.807) is 4.68 Å². The number of ether oxygens (including phenoxy) is 3. The lowest BCUT2D eigenvalue weighted by Crippen LogP contribution is -2.54. The normalized spacial score (nSPS) is 33.9. The van der Waals surface area contributed by atoms with Gasteiger partial charge in [-0.25, -0.2) is 9.37 Å². The highest BCUT2D eigenvalue weighted by molar-refractivity contribution is 6.21. The maximum atomic E-state index is 14.7. The van der Waals surface area contributed by atoms with Gasteiger partial charge in [-0.15, -0.1) is 0 Å². The average molecular weight is 738 g/mol. The fourth-order valence-electron chi connectivity index (χ4n) is 11.9. The van der Waals surface area contributed by atoms with Crippen molar-refractivity contribution in [2.24, 2.45) is 46.5 Å². The number of fused-ring (bicyclic) bond motifs is 5. The number of ketones is 2. The third kappa shape index (κ3) is 6.01. The zero-order valence-electron chi connectivity index (χ0n) is 31.7. The Bertz CT molecular complexity index is 1960. The van der Waals surface area contributed by atoms with Crippen LogP contribution >= 0.6 is 0 Å². The van der Waals surface area contributed by atoms with E-state index in [9.17, 15) is 14.0 Å². The van der Waals surface area contributed by atoms with Gasteiger partial charge < -0.3 is 19.5 Å². The number of hydrogen-bond donors (Lipinski definition) is 1. The van der Waals surface area contributed by atoms with Gasteiger partial charge in [-0.2, -0.15) is 5.10 Å². The third-order valence-corrected chi connectivity index (χ3v) is 14.7. The van der Waals surface area contributed by atoms with Crippen LogP contribution in [0.25, 0.3) is 0 Å². The number of carbonyl (C=O) groups excluding carboxylic acids is 2. The monoisotopic (exact) mass is 737 g/mol. The van der Waals surface area contributed by atoms with E-state index in [1.165, 1.54) is 50.6 Å². The molecule has 3 aromatic rings. The van der Waals surface area contributed by atoms with Crippen molar-refractivity contribution in [1.29, 1.82) is 0 Å². The number of anilines is 1. The second-order valence-corrected chi connectivity index (χ2v) is 17.3. The van der Waals surface area contributed by atoms with Gasteiger partial charge in [0.15, 0.2) is 5.78 Å². The quantitative estimate of drug-likeness (QED) is 0.216. The molecule has 286 valence electrons. The van der Waals surface area contributed by atoms with Gasteiger partial charge in [0.05, 0.1) is 43.6 Å². The molecule has 54 heavy (non-hydrogen) atoms. The molecule has 0 saturated heterocycles. The molecule has 2 aromatic carbocycles. The Labute approximate surface area is 316 Å². The minimum absolute atomic E-state index is 0.0279. The summed E-state index contributed by atoms with van der Waals surface area (Å²) in [7, 11) is 1.84. The van der Waals surface area contributed by atoms with Crippen molar-refractivity contribution >= 4 is 23.0 Å². The molecular formula is C43H52FN5O5. The molecule has 2 aliphatic heterocycles. The Morgan fingerprint density at radius 3 is 2.57 bits per heavy atom. The molecule has 9 atom stereocenters. The molecule has 4 fully saturated rings. The van der Waals surface area contributed by atoms with Crippen molar-refractivity contribution in [1.82, 2.24) is 14.8 Å². The first-order valence-corrected chi connectivity index (χ1v) is 20.1. The lowest BCUT2D eigenvalue weighted by Gasteiger charge is -2.60. The molecule has 1 unspecified atom stereocenters. The van der Waals surface area contributed by atoms with Crippen LogP contribution in [0.4, 0.5) is 10.1 Å². The molecule has 0 amide bonds. The summed E-state index contributed by atoms with van der Waals surface area (Å²) in [4.78, 5) is 34.2. The molecule has 3 heterocycles. The van der Waals surface area contributed by atoms with E-state index in [4.69, 9.17) is 19.2 Å². The maximum absolute atomic E-state index is 14.7. The number of nitrogens with zero attached hydrogens (tertiary/aromatic N) is 4. The smallest absolute Gasteiger partial charge is 0.185 e. The molecule has 6 aliphatic rings. The number of aryl methyl sites for hydroxylation is 1. The lowest BCUT2D eigenvalue weighted by molar-refractivity contribution is -0.146. The second kappa shape index (κ2) is 14.0. The zero-order valence-corrected chi connectivity index (χ0v) is 31.7. The van der Waals surface area contributed by atoms with Gasteiger partial charge in [0, 0.05) is 36.7 Å². The van der Waals surface area contributed by atoms with Crippen molar-refractivity contribution < 1.29 is 28.2 Å². The van der Waals surface area contributed by atoms with Crippen LogP contribution in [-0.2, 0) is 21.3 Å².